The maximum absolute atomic E-state index is 11.3. The van der Waals surface area contributed by atoms with Gasteiger partial charge in [0.25, 0.3) is 0 Å². The number of nitrogen functional groups attached to an aromatic ring is 2. The van der Waals surface area contributed by atoms with E-state index in [9.17, 15) is 15.0 Å². The number of aliphatic hydroxyl groups excluding tert-OH is 2. The Hall–Kier alpha value is -2.23. The Morgan fingerprint density at radius 3 is 1.58 bits per heavy atom. The molecule has 0 aliphatic heterocycles. The van der Waals surface area contributed by atoms with Gasteiger partial charge in [0, 0.05) is 24.7 Å². The first kappa shape index (κ1) is 30.3. The van der Waals surface area contributed by atoms with Crippen molar-refractivity contribution in [1.82, 2.24) is 4.90 Å². The first-order valence-corrected chi connectivity index (χ1v) is 13.4. The molecule has 0 heterocycles. The summed E-state index contributed by atoms with van der Waals surface area (Å²) in [7, 11) is 0. The van der Waals surface area contributed by atoms with Crippen molar-refractivity contribution < 1.29 is 15.0 Å². The van der Waals surface area contributed by atoms with Crippen LogP contribution < -0.4 is 17.2 Å². The molecule has 3 rings (SSSR count). The van der Waals surface area contributed by atoms with Crippen LogP contribution in [0.1, 0.15) is 52.6 Å². The van der Waals surface area contributed by atoms with E-state index in [2.05, 4.69) is 0 Å². The number of rotatable bonds is 11. The number of primary amides is 1. The molecule has 0 bridgehead atoms. The minimum atomic E-state index is -0.964. The highest BCUT2D eigenvalue weighted by Gasteiger charge is 2.24. The first-order chi connectivity index (χ1) is 17.9. The van der Waals surface area contributed by atoms with Crippen molar-refractivity contribution in [3.63, 3.8) is 0 Å². The SMILES string of the molecule is C[C@H](CCc1ccc(C(N)=O)cc1)N(C[C@@H](O)c1cc(Cl)c(N)c(Cl)c1)C[C@@H](O)c1cc(Cl)c(N)c(Cl)c1. The van der Waals surface area contributed by atoms with E-state index < -0.39 is 18.1 Å². The monoisotopic (exact) mass is 598 g/mol. The third-order valence-corrected chi connectivity index (χ3v) is 7.75. The molecule has 3 aromatic rings. The Labute approximate surface area is 242 Å². The van der Waals surface area contributed by atoms with E-state index in [-0.39, 0.29) is 50.6 Å². The van der Waals surface area contributed by atoms with Gasteiger partial charge in [-0.05, 0) is 72.9 Å². The number of carbonyl (C=O) groups is 1. The van der Waals surface area contributed by atoms with Crippen molar-refractivity contribution in [2.75, 3.05) is 24.6 Å². The Kier molecular flexibility index (Phi) is 10.5. The number of halogens is 4. The molecule has 7 nitrogen and oxygen atoms in total. The summed E-state index contributed by atoms with van der Waals surface area (Å²) in [6, 6.07) is 13.3. The third kappa shape index (κ3) is 7.67. The van der Waals surface area contributed by atoms with Crippen LogP contribution in [0.5, 0.6) is 0 Å². The number of benzene rings is 3. The van der Waals surface area contributed by atoms with Gasteiger partial charge in [-0.3, -0.25) is 9.69 Å². The lowest BCUT2D eigenvalue weighted by Crippen LogP contribution is -2.39. The molecule has 204 valence electrons. The standard InChI is InChI=1S/C27H30Cl4N4O3/c1-14(2-3-15-4-6-16(7-5-15)27(34)38)35(12-23(36)17-8-19(28)25(32)20(29)9-17)13-24(37)18-10-21(30)26(33)22(31)11-18/h4-11,14,23-24,36-37H,2-3,12-13,32-33H2,1H3,(H2,34,38)/t14-,23-,24-/m1/s1. The zero-order valence-electron chi connectivity index (χ0n) is 20.7. The van der Waals surface area contributed by atoms with Crippen LogP contribution in [0, 0.1) is 0 Å². The van der Waals surface area contributed by atoms with Crippen molar-refractivity contribution in [1.29, 1.82) is 0 Å². The molecule has 3 atom stereocenters. The second-order valence-electron chi connectivity index (χ2n) is 9.23. The molecule has 11 heteroatoms. The van der Waals surface area contributed by atoms with Gasteiger partial charge in [0.1, 0.15) is 0 Å². The summed E-state index contributed by atoms with van der Waals surface area (Å²) >= 11 is 24.7. The summed E-state index contributed by atoms with van der Waals surface area (Å²) in [5.74, 6) is -0.482. The Bertz CT molecular complexity index is 1180. The number of anilines is 2. The average Bonchev–Trinajstić information content (AvgIpc) is 2.87. The van der Waals surface area contributed by atoms with E-state index in [0.29, 0.717) is 29.5 Å². The molecule has 1 amide bonds. The summed E-state index contributed by atoms with van der Waals surface area (Å²) in [5.41, 5.74) is 20.0. The zero-order valence-corrected chi connectivity index (χ0v) is 23.7. The highest BCUT2D eigenvalue weighted by atomic mass is 35.5. The molecule has 0 fully saturated rings. The molecule has 0 saturated carbocycles. The van der Waals surface area contributed by atoms with E-state index in [1.807, 2.05) is 24.0 Å². The summed E-state index contributed by atoms with van der Waals surface area (Å²) in [5, 5.41) is 23.1. The lowest BCUT2D eigenvalue weighted by Gasteiger charge is -2.33. The Balaban J connectivity index is 1.81. The van der Waals surface area contributed by atoms with Crippen molar-refractivity contribution in [2.24, 2.45) is 5.73 Å². The summed E-state index contributed by atoms with van der Waals surface area (Å²) in [6.45, 7) is 2.35. The predicted molar refractivity (Wildman–Crippen MR) is 156 cm³/mol. The minimum Gasteiger partial charge on any atom is -0.396 e. The van der Waals surface area contributed by atoms with E-state index in [1.165, 1.54) is 0 Å². The van der Waals surface area contributed by atoms with E-state index >= 15 is 0 Å². The van der Waals surface area contributed by atoms with Gasteiger partial charge >= 0.3 is 0 Å². The number of nitrogens with zero attached hydrogens (tertiary/aromatic N) is 1. The molecule has 0 unspecified atom stereocenters. The number of amides is 1. The molecule has 0 aliphatic rings. The maximum Gasteiger partial charge on any atom is 0.248 e. The topological polar surface area (TPSA) is 139 Å². The normalized spacial score (nSPS) is 13.9. The summed E-state index contributed by atoms with van der Waals surface area (Å²) < 4.78 is 0. The Morgan fingerprint density at radius 1 is 0.816 bits per heavy atom. The zero-order chi connectivity index (χ0) is 28.1. The fraction of sp³-hybridized carbons (Fsp3) is 0.296. The molecule has 0 saturated heterocycles. The fourth-order valence-corrected chi connectivity index (χ4v) is 5.08. The largest absolute Gasteiger partial charge is 0.396 e. The molecule has 38 heavy (non-hydrogen) atoms. The average molecular weight is 600 g/mol. The van der Waals surface area contributed by atoms with Crippen LogP contribution >= 0.6 is 46.4 Å². The van der Waals surface area contributed by atoms with Gasteiger partial charge in [0.05, 0.1) is 43.7 Å². The number of carbonyl (C=O) groups excluding carboxylic acids is 1. The quantitative estimate of drug-likeness (QED) is 0.180. The van der Waals surface area contributed by atoms with Crippen molar-refractivity contribution in [3.05, 3.63) is 90.9 Å². The summed E-state index contributed by atoms with van der Waals surface area (Å²) in [6.07, 6.45) is -0.536. The third-order valence-electron chi connectivity index (χ3n) is 6.50. The van der Waals surface area contributed by atoms with Crippen LogP contribution in [-0.4, -0.2) is 40.2 Å². The van der Waals surface area contributed by atoms with Crippen LogP contribution in [0.2, 0.25) is 20.1 Å². The molecular weight excluding hydrogens is 570 g/mol. The lowest BCUT2D eigenvalue weighted by molar-refractivity contribution is 0.0460. The van der Waals surface area contributed by atoms with E-state index in [4.69, 9.17) is 63.6 Å². The second-order valence-corrected chi connectivity index (χ2v) is 10.9. The van der Waals surface area contributed by atoms with Gasteiger partial charge in [-0.25, -0.2) is 0 Å². The molecule has 8 N–H and O–H groups in total. The number of hydrogen-bond acceptors (Lipinski definition) is 6. The number of aryl methyl sites for hydroxylation is 1. The molecule has 3 aromatic carbocycles. The molecular formula is C27H30Cl4N4O3. The van der Waals surface area contributed by atoms with Crippen molar-refractivity contribution in [3.8, 4) is 0 Å². The smallest absolute Gasteiger partial charge is 0.248 e. The van der Waals surface area contributed by atoms with Gasteiger partial charge in [0.15, 0.2) is 0 Å². The van der Waals surface area contributed by atoms with E-state index in [0.717, 1.165) is 5.56 Å². The molecule has 0 radical (unpaired) electrons. The highest BCUT2D eigenvalue weighted by Crippen LogP contribution is 2.34. The molecule has 0 aliphatic carbocycles. The van der Waals surface area contributed by atoms with Crippen molar-refractivity contribution >= 4 is 63.7 Å². The fourth-order valence-electron chi connectivity index (χ4n) is 4.08. The molecule has 0 aromatic heterocycles. The number of aliphatic hydroxyl groups is 2. The van der Waals surface area contributed by atoms with Gasteiger partial charge in [-0.15, -0.1) is 0 Å². The van der Waals surface area contributed by atoms with Gasteiger partial charge in [0.2, 0.25) is 5.91 Å². The summed E-state index contributed by atoms with van der Waals surface area (Å²) in [4.78, 5) is 13.3. The lowest BCUT2D eigenvalue weighted by atomic mass is 10.0. The van der Waals surface area contributed by atoms with E-state index in [1.54, 1.807) is 36.4 Å². The Morgan fingerprint density at radius 2 is 1.21 bits per heavy atom. The maximum atomic E-state index is 11.3. The van der Waals surface area contributed by atoms with Crippen LogP contribution in [0.25, 0.3) is 0 Å². The first-order valence-electron chi connectivity index (χ1n) is 11.8. The van der Waals surface area contributed by atoms with Crippen LogP contribution in [0.15, 0.2) is 48.5 Å². The van der Waals surface area contributed by atoms with Crippen LogP contribution in [0.4, 0.5) is 11.4 Å². The predicted octanol–water partition coefficient (Wildman–Crippen LogP) is 5.65. The van der Waals surface area contributed by atoms with Crippen molar-refractivity contribution in [2.45, 2.75) is 38.0 Å². The van der Waals surface area contributed by atoms with Gasteiger partial charge in [-0.2, -0.15) is 0 Å². The van der Waals surface area contributed by atoms with Crippen LogP contribution in [-0.2, 0) is 6.42 Å². The number of nitrogens with two attached hydrogens (primary N) is 3. The number of hydrogen-bond donors (Lipinski definition) is 5. The second kappa shape index (κ2) is 13.2. The van der Waals surface area contributed by atoms with Crippen LogP contribution in [0.3, 0.4) is 0 Å². The molecule has 0 spiro atoms. The van der Waals surface area contributed by atoms with Gasteiger partial charge in [-0.1, -0.05) is 58.5 Å². The minimum absolute atomic E-state index is 0.0745. The van der Waals surface area contributed by atoms with Gasteiger partial charge < -0.3 is 27.4 Å². The highest BCUT2D eigenvalue weighted by molar-refractivity contribution is 6.39.